The zero-order valence-electron chi connectivity index (χ0n) is 11.7. The molecule has 2 atom stereocenters. The van der Waals surface area contributed by atoms with Crippen molar-refractivity contribution in [1.82, 2.24) is 10.2 Å². The van der Waals surface area contributed by atoms with Crippen LogP contribution in [0, 0.1) is 0 Å². The lowest BCUT2D eigenvalue weighted by molar-refractivity contribution is -0.137. The first-order valence-corrected chi connectivity index (χ1v) is 8.15. The van der Waals surface area contributed by atoms with Crippen molar-refractivity contribution >= 4 is 23.8 Å². The van der Waals surface area contributed by atoms with Gasteiger partial charge in [-0.3, -0.25) is 4.79 Å². The Morgan fingerprint density at radius 1 is 1.42 bits per heavy atom. The summed E-state index contributed by atoms with van der Waals surface area (Å²) in [7, 11) is 0. The van der Waals surface area contributed by atoms with Crippen LogP contribution in [0.1, 0.15) is 39.0 Å². The average Bonchev–Trinajstić information content (AvgIpc) is 2.38. The van der Waals surface area contributed by atoms with Gasteiger partial charge in [0.05, 0.1) is 0 Å². The largest absolute Gasteiger partial charge is 0.480 e. The van der Waals surface area contributed by atoms with Crippen LogP contribution < -0.4 is 5.32 Å². The van der Waals surface area contributed by atoms with Crippen LogP contribution in [0.3, 0.4) is 0 Å². The Kier molecular flexibility index (Phi) is 7.05. The van der Waals surface area contributed by atoms with Gasteiger partial charge in [-0.2, -0.15) is 11.8 Å². The molecule has 6 heteroatoms. The summed E-state index contributed by atoms with van der Waals surface area (Å²) in [6.45, 7) is 2.20. The Morgan fingerprint density at radius 2 is 2.16 bits per heavy atom. The average molecular weight is 288 g/mol. The predicted octanol–water partition coefficient (Wildman–Crippen LogP) is 2.17. The fourth-order valence-electron chi connectivity index (χ4n) is 2.44. The van der Waals surface area contributed by atoms with Crippen LogP contribution in [0.25, 0.3) is 0 Å². The van der Waals surface area contributed by atoms with Gasteiger partial charge in [0, 0.05) is 17.8 Å². The van der Waals surface area contributed by atoms with Crippen molar-refractivity contribution in [2.75, 3.05) is 19.3 Å². The Bertz CT molecular complexity index is 312. The van der Waals surface area contributed by atoms with Gasteiger partial charge in [0.15, 0.2) is 0 Å². The van der Waals surface area contributed by atoms with Gasteiger partial charge in [-0.1, -0.05) is 13.3 Å². The lowest BCUT2D eigenvalue weighted by Crippen LogP contribution is -2.48. The van der Waals surface area contributed by atoms with E-state index in [-0.39, 0.29) is 18.6 Å². The molecule has 5 nitrogen and oxygen atoms in total. The van der Waals surface area contributed by atoms with Crippen LogP contribution in [-0.2, 0) is 4.79 Å². The van der Waals surface area contributed by atoms with Crippen LogP contribution in [0.4, 0.5) is 4.79 Å². The van der Waals surface area contributed by atoms with E-state index < -0.39 is 5.97 Å². The van der Waals surface area contributed by atoms with Crippen LogP contribution in [0.2, 0.25) is 0 Å². The summed E-state index contributed by atoms with van der Waals surface area (Å²) in [6, 6.07) is -0.0529. The molecule has 1 aliphatic carbocycles. The van der Waals surface area contributed by atoms with E-state index in [2.05, 4.69) is 11.6 Å². The van der Waals surface area contributed by atoms with Gasteiger partial charge in [-0.15, -0.1) is 0 Å². The minimum Gasteiger partial charge on any atom is -0.480 e. The van der Waals surface area contributed by atoms with Gasteiger partial charge in [-0.05, 0) is 31.9 Å². The van der Waals surface area contributed by atoms with Crippen molar-refractivity contribution in [2.24, 2.45) is 0 Å². The number of nitrogens with one attached hydrogen (secondary N) is 1. The summed E-state index contributed by atoms with van der Waals surface area (Å²) in [5, 5.41) is 12.4. The fraction of sp³-hybridized carbons (Fsp3) is 0.846. The van der Waals surface area contributed by atoms with Crippen molar-refractivity contribution in [2.45, 2.75) is 50.3 Å². The molecule has 2 amide bonds. The number of carbonyl (C=O) groups is 2. The zero-order chi connectivity index (χ0) is 14.3. The summed E-state index contributed by atoms with van der Waals surface area (Å²) in [4.78, 5) is 24.2. The number of carbonyl (C=O) groups excluding carboxylic acids is 1. The Balaban J connectivity index is 2.48. The topological polar surface area (TPSA) is 69.6 Å². The maximum Gasteiger partial charge on any atom is 0.323 e. The Hall–Kier alpha value is -0.910. The molecular weight excluding hydrogens is 264 g/mol. The quantitative estimate of drug-likeness (QED) is 0.786. The third-order valence-corrected chi connectivity index (χ3v) is 4.49. The summed E-state index contributed by atoms with van der Waals surface area (Å²) >= 11 is 1.85. The molecule has 0 bridgehead atoms. The van der Waals surface area contributed by atoms with Crippen LogP contribution in [-0.4, -0.2) is 52.6 Å². The fourth-order valence-corrected chi connectivity index (χ4v) is 3.27. The molecule has 0 aliphatic heterocycles. The van der Waals surface area contributed by atoms with Gasteiger partial charge >= 0.3 is 12.0 Å². The molecule has 0 saturated heterocycles. The van der Waals surface area contributed by atoms with E-state index in [9.17, 15) is 9.59 Å². The molecule has 0 aromatic heterocycles. The van der Waals surface area contributed by atoms with E-state index in [1.807, 2.05) is 18.7 Å². The van der Waals surface area contributed by atoms with Crippen molar-refractivity contribution in [1.29, 1.82) is 0 Å². The van der Waals surface area contributed by atoms with E-state index in [0.717, 1.165) is 25.7 Å². The normalized spacial score (nSPS) is 22.8. The first-order chi connectivity index (χ1) is 9.06. The second kappa shape index (κ2) is 8.30. The van der Waals surface area contributed by atoms with Crippen molar-refractivity contribution < 1.29 is 14.7 Å². The molecule has 2 unspecified atom stereocenters. The molecule has 0 aromatic carbocycles. The smallest absolute Gasteiger partial charge is 0.323 e. The first-order valence-electron chi connectivity index (χ1n) is 6.86. The standard InChI is InChI=1S/C13H24N2O3S/c1-3-7-15(9-12(16)17)13(18)14-10-5-4-6-11(8-10)19-2/h10-11H,3-9H2,1-2H3,(H,14,18)(H,16,17). The van der Waals surface area contributed by atoms with E-state index in [4.69, 9.17) is 5.11 Å². The number of urea groups is 1. The molecule has 19 heavy (non-hydrogen) atoms. The van der Waals surface area contributed by atoms with Gasteiger partial charge in [0.2, 0.25) is 0 Å². The SMILES string of the molecule is CCCN(CC(=O)O)C(=O)NC1CCCC(SC)C1. The molecule has 0 aromatic rings. The zero-order valence-corrected chi connectivity index (χ0v) is 12.5. The number of nitrogens with zero attached hydrogens (tertiary/aromatic N) is 1. The molecule has 110 valence electrons. The molecule has 2 N–H and O–H groups in total. The number of aliphatic carboxylic acids is 1. The molecule has 1 rings (SSSR count). The summed E-state index contributed by atoms with van der Waals surface area (Å²) < 4.78 is 0. The van der Waals surface area contributed by atoms with E-state index >= 15 is 0 Å². The van der Waals surface area contributed by atoms with Gasteiger partial charge in [0.25, 0.3) is 0 Å². The Morgan fingerprint density at radius 3 is 2.74 bits per heavy atom. The number of carboxylic acid groups (broad SMARTS) is 1. The molecule has 0 spiro atoms. The second-order valence-corrected chi connectivity index (χ2v) is 6.12. The number of thioether (sulfide) groups is 1. The lowest BCUT2D eigenvalue weighted by Gasteiger charge is -2.30. The highest BCUT2D eigenvalue weighted by molar-refractivity contribution is 7.99. The first kappa shape index (κ1) is 16.1. The molecule has 0 radical (unpaired) electrons. The molecule has 1 aliphatic rings. The highest BCUT2D eigenvalue weighted by atomic mass is 32.2. The summed E-state index contributed by atoms with van der Waals surface area (Å²) in [5.41, 5.74) is 0. The van der Waals surface area contributed by atoms with Gasteiger partial charge in [0.1, 0.15) is 6.54 Å². The molecule has 0 heterocycles. The lowest BCUT2D eigenvalue weighted by atomic mass is 9.95. The second-order valence-electron chi connectivity index (χ2n) is 4.99. The maximum atomic E-state index is 12.1. The van der Waals surface area contributed by atoms with Crippen molar-refractivity contribution in [3.8, 4) is 0 Å². The number of rotatable bonds is 6. The van der Waals surface area contributed by atoms with Gasteiger partial charge < -0.3 is 15.3 Å². The monoisotopic (exact) mass is 288 g/mol. The van der Waals surface area contributed by atoms with Crippen LogP contribution in [0.5, 0.6) is 0 Å². The minimum absolute atomic E-state index is 0.187. The molecular formula is C13H24N2O3S. The molecule has 1 saturated carbocycles. The highest BCUT2D eigenvalue weighted by Crippen LogP contribution is 2.26. The number of carboxylic acids is 1. The van der Waals surface area contributed by atoms with Gasteiger partial charge in [-0.25, -0.2) is 4.79 Å². The third-order valence-electron chi connectivity index (χ3n) is 3.39. The van der Waals surface area contributed by atoms with E-state index in [1.54, 1.807) is 0 Å². The maximum absolute atomic E-state index is 12.1. The minimum atomic E-state index is -0.964. The van der Waals surface area contributed by atoms with Crippen molar-refractivity contribution in [3.05, 3.63) is 0 Å². The van der Waals surface area contributed by atoms with Crippen LogP contribution in [0.15, 0.2) is 0 Å². The molecule has 1 fully saturated rings. The van der Waals surface area contributed by atoms with E-state index in [1.165, 1.54) is 11.3 Å². The summed E-state index contributed by atoms with van der Waals surface area (Å²) in [6.07, 6.45) is 7.18. The summed E-state index contributed by atoms with van der Waals surface area (Å²) in [5.74, 6) is -0.964. The third kappa shape index (κ3) is 5.72. The number of hydrogen-bond donors (Lipinski definition) is 2. The van der Waals surface area contributed by atoms with Crippen LogP contribution >= 0.6 is 11.8 Å². The highest BCUT2D eigenvalue weighted by Gasteiger charge is 2.24. The van der Waals surface area contributed by atoms with Crippen molar-refractivity contribution in [3.63, 3.8) is 0 Å². The number of hydrogen-bond acceptors (Lipinski definition) is 3. The number of amides is 2. The van der Waals surface area contributed by atoms with E-state index in [0.29, 0.717) is 11.8 Å². The Labute approximate surface area is 119 Å². The predicted molar refractivity (Wildman–Crippen MR) is 77.6 cm³/mol.